The van der Waals surface area contributed by atoms with E-state index >= 15 is 0 Å². The van der Waals surface area contributed by atoms with E-state index in [2.05, 4.69) is 5.43 Å². The second kappa shape index (κ2) is 6.50. The number of rotatable bonds is 4. The molecule has 18 heavy (non-hydrogen) atoms. The molecule has 0 bridgehead atoms. The molecule has 1 saturated carbocycles. The van der Waals surface area contributed by atoms with Crippen molar-refractivity contribution in [1.82, 2.24) is 5.43 Å². The summed E-state index contributed by atoms with van der Waals surface area (Å²) in [6.45, 7) is 0. The molecule has 0 spiro atoms. The van der Waals surface area contributed by atoms with Gasteiger partial charge in [0, 0.05) is 11.6 Å². The monoisotopic (exact) mass is 270 g/mol. The minimum atomic E-state index is -0.349. The lowest BCUT2D eigenvalue weighted by atomic mass is 9.83. The van der Waals surface area contributed by atoms with Crippen LogP contribution < -0.4 is 11.3 Å². The van der Waals surface area contributed by atoms with E-state index in [0.29, 0.717) is 11.5 Å². The molecule has 0 saturated heterocycles. The Morgan fingerprint density at radius 3 is 2.72 bits per heavy atom. The van der Waals surface area contributed by atoms with E-state index in [-0.39, 0.29) is 16.9 Å². The first-order valence-electron chi connectivity index (χ1n) is 6.62. The Bertz CT molecular complexity index is 391. The highest BCUT2D eigenvalue weighted by Crippen LogP contribution is 2.33. The van der Waals surface area contributed by atoms with Crippen LogP contribution in [-0.4, -0.2) is 0 Å². The zero-order valence-electron chi connectivity index (χ0n) is 10.5. The van der Waals surface area contributed by atoms with Crippen LogP contribution in [0, 0.1) is 11.7 Å². The molecule has 100 valence electrons. The number of hydrogen-bond acceptors (Lipinski definition) is 2. The Hall–Kier alpha value is -0.640. The van der Waals surface area contributed by atoms with Gasteiger partial charge in [-0.3, -0.25) is 11.3 Å². The highest BCUT2D eigenvalue weighted by atomic mass is 35.5. The van der Waals surface area contributed by atoms with E-state index in [1.165, 1.54) is 32.1 Å². The molecule has 3 N–H and O–H groups in total. The lowest BCUT2D eigenvalue weighted by Crippen LogP contribution is -2.30. The second-order valence-corrected chi connectivity index (χ2v) is 5.51. The topological polar surface area (TPSA) is 38.0 Å². The van der Waals surface area contributed by atoms with Crippen molar-refractivity contribution in [2.75, 3.05) is 0 Å². The van der Waals surface area contributed by atoms with Gasteiger partial charge in [0.1, 0.15) is 5.82 Å². The van der Waals surface area contributed by atoms with E-state index < -0.39 is 0 Å². The molecule has 1 atom stereocenters. The van der Waals surface area contributed by atoms with Gasteiger partial charge in [0.05, 0.1) is 5.02 Å². The molecule has 1 aliphatic carbocycles. The van der Waals surface area contributed by atoms with Crippen LogP contribution >= 0.6 is 11.6 Å². The first-order chi connectivity index (χ1) is 8.72. The summed E-state index contributed by atoms with van der Waals surface area (Å²) in [5.41, 5.74) is 3.31. The Labute approximate surface area is 113 Å². The van der Waals surface area contributed by atoms with Crippen LogP contribution in [0.15, 0.2) is 18.2 Å². The SMILES string of the molecule is NNC(CC1CCCCC1)c1cccc(Cl)c1F. The van der Waals surface area contributed by atoms with E-state index in [1.807, 2.05) is 0 Å². The van der Waals surface area contributed by atoms with Gasteiger partial charge in [-0.1, -0.05) is 55.8 Å². The molecule has 1 unspecified atom stereocenters. The van der Waals surface area contributed by atoms with E-state index in [9.17, 15) is 4.39 Å². The first-order valence-corrected chi connectivity index (χ1v) is 7.00. The Morgan fingerprint density at radius 2 is 2.06 bits per heavy atom. The number of hydrazine groups is 1. The molecule has 1 aromatic carbocycles. The molecule has 0 aromatic heterocycles. The van der Waals surface area contributed by atoms with E-state index in [0.717, 1.165) is 6.42 Å². The maximum atomic E-state index is 14.0. The standard InChI is InChI=1S/C14H20ClFN2/c15-12-8-4-7-11(14(12)16)13(18-17)9-10-5-2-1-3-6-10/h4,7-8,10,13,18H,1-3,5-6,9,17H2. The molecular weight excluding hydrogens is 251 g/mol. The van der Waals surface area contributed by atoms with Gasteiger partial charge in [-0.2, -0.15) is 0 Å². The molecular formula is C14H20ClFN2. The summed E-state index contributed by atoms with van der Waals surface area (Å²) in [6, 6.07) is 4.95. The lowest BCUT2D eigenvalue weighted by Gasteiger charge is -2.26. The summed E-state index contributed by atoms with van der Waals surface area (Å²) >= 11 is 5.81. The smallest absolute Gasteiger partial charge is 0.146 e. The second-order valence-electron chi connectivity index (χ2n) is 5.10. The van der Waals surface area contributed by atoms with Gasteiger partial charge in [0.25, 0.3) is 0 Å². The van der Waals surface area contributed by atoms with Crippen molar-refractivity contribution >= 4 is 11.6 Å². The van der Waals surface area contributed by atoms with Crippen LogP contribution in [0.5, 0.6) is 0 Å². The van der Waals surface area contributed by atoms with Crippen LogP contribution in [-0.2, 0) is 0 Å². The number of halogens is 2. The third-order valence-corrected chi connectivity index (χ3v) is 4.14. The molecule has 1 aromatic rings. The summed E-state index contributed by atoms with van der Waals surface area (Å²) in [4.78, 5) is 0. The van der Waals surface area contributed by atoms with Gasteiger partial charge in [-0.05, 0) is 18.4 Å². The first kappa shape index (κ1) is 13.8. The predicted octanol–water partition coefficient (Wildman–Crippen LogP) is 3.95. The molecule has 0 radical (unpaired) electrons. The molecule has 2 nitrogen and oxygen atoms in total. The zero-order chi connectivity index (χ0) is 13.0. The van der Waals surface area contributed by atoms with Crippen LogP contribution in [0.3, 0.4) is 0 Å². The number of benzene rings is 1. The Morgan fingerprint density at radius 1 is 1.33 bits per heavy atom. The highest BCUT2D eigenvalue weighted by molar-refractivity contribution is 6.30. The van der Waals surface area contributed by atoms with Crippen LogP contribution in [0.25, 0.3) is 0 Å². The fraction of sp³-hybridized carbons (Fsp3) is 0.571. The third-order valence-electron chi connectivity index (χ3n) is 3.85. The molecule has 0 heterocycles. The van der Waals surface area contributed by atoms with Gasteiger partial charge < -0.3 is 0 Å². The van der Waals surface area contributed by atoms with E-state index in [1.54, 1.807) is 18.2 Å². The highest BCUT2D eigenvalue weighted by Gasteiger charge is 2.22. The normalized spacial score (nSPS) is 18.8. The van der Waals surface area contributed by atoms with Gasteiger partial charge in [-0.15, -0.1) is 0 Å². The van der Waals surface area contributed by atoms with Crippen molar-refractivity contribution in [3.05, 3.63) is 34.6 Å². The van der Waals surface area contributed by atoms with Crippen LogP contribution in [0.2, 0.25) is 5.02 Å². The minimum Gasteiger partial charge on any atom is -0.271 e. The van der Waals surface area contributed by atoms with E-state index in [4.69, 9.17) is 17.4 Å². The molecule has 0 aliphatic heterocycles. The Kier molecular flexibility index (Phi) is 4.98. The summed E-state index contributed by atoms with van der Waals surface area (Å²) in [5.74, 6) is 5.87. The summed E-state index contributed by atoms with van der Waals surface area (Å²) in [5, 5.41) is 0.163. The quantitative estimate of drug-likeness (QED) is 0.642. The molecule has 1 fully saturated rings. The zero-order valence-corrected chi connectivity index (χ0v) is 11.2. The van der Waals surface area contributed by atoms with Crippen molar-refractivity contribution in [3.63, 3.8) is 0 Å². The number of hydrogen-bond donors (Lipinski definition) is 2. The maximum Gasteiger partial charge on any atom is 0.146 e. The van der Waals surface area contributed by atoms with Crippen molar-refractivity contribution in [1.29, 1.82) is 0 Å². The van der Waals surface area contributed by atoms with Gasteiger partial charge in [0.2, 0.25) is 0 Å². The fourth-order valence-corrected chi connectivity index (χ4v) is 3.01. The lowest BCUT2D eigenvalue weighted by molar-refractivity contribution is 0.298. The average Bonchev–Trinajstić information content (AvgIpc) is 2.41. The van der Waals surface area contributed by atoms with Crippen LogP contribution in [0.1, 0.15) is 50.1 Å². The van der Waals surface area contributed by atoms with Crippen molar-refractivity contribution in [2.24, 2.45) is 11.8 Å². The van der Waals surface area contributed by atoms with Gasteiger partial charge >= 0.3 is 0 Å². The largest absolute Gasteiger partial charge is 0.271 e. The summed E-state index contributed by atoms with van der Waals surface area (Å²) in [7, 11) is 0. The summed E-state index contributed by atoms with van der Waals surface area (Å²) in [6.07, 6.45) is 7.21. The van der Waals surface area contributed by atoms with Crippen molar-refractivity contribution in [3.8, 4) is 0 Å². The minimum absolute atomic E-state index is 0.146. The third kappa shape index (κ3) is 3.22. The molecule has 0 amide bonds. The molecule has 2 rings (SSSR count). The summed E-state index contributed by atoms with van der Waals surface area (Å²) < 4.78 is 14.0. The van der Waals surface area contributed by atoms with Gasteiger partial charge in [-0.25, -0.2) is 4.39 Å². The molecule has 1 aliphatic rings. The average molecular weight is 271 g/mol. The Balaban J connectivity index is 2.09. The number of nitrogens with two attached hydrogens (primary N) is 1. The predicted molar refractivity (Wildman–Crippen MR) is 72.7 cm³/mol. The molecule has 4 heteroatoms. The number of nitrogens with one attached hydrogen (secondary N) is 1. The van der Waals surface area contributed by atoms with Gasteiger partial charge in [0.15, 0.2) is 0 Å². The maximum absolute atomic E-state index is 14.0. The fourth-order valence-electron chi connectivity index (χ4n) is 2.83. The van der Waals surface area contributed by atoms with Crippen LogP contribution in [0.4, 0.5) is 4.39 Å². The van der Waals surface area contributed by atoms with Crippen molar-refractivity contribution in [2.45, 2.75) is 44.6 Å². The van der Waals surface area contributed by atoms with Crippen molar-refractivity contribution < 1.29 is 4.39 Å².